The fraction of sp³-hybridized carbons (Fsp3) is 0.720. The van der Waals surface area contributed by atoms with Crippen LogP contribution in [0.25, 0.3) is 6.08 Å². The van der Waals surface area contributed by atoms with Crippen LogP contribution in [0.15, 0.2) is 22.1 Å². The van der Waals surface area contributed by atoms with Crippen LogP contribution in [0.4, 0.5) is 0 Å². The van der Waals surface area contributed by atoms with Gasteiger partial charge in [0.15, 0.2) is 5.78 Å². The van der Waals surface area contributed by atoms with Gasteiger partial charge in [0.25, 0.3) is 0 Å². The first kappa shape index (κ1) is 17.8. The minimum atomic E-state index is -0.132. The first-order valence-corrected chi connectivity index (χ1v) is 11.2. The van der Waals surface area contributed by atoms with Gasteiger partial charge in [0.05, 0.1) is 0 Å². The van der Waals surface area contributed by atoms with Crippen molar-refractivity contribution in [3.05, 3.63) is 29.2 Å². The van der Waals surface area contributed by atoms with E-state index in [9.17, 15) is 4.79 Å². The summed E-state index contributed by atoms with van der Waals surface area (Å²) in [5, 5.41) is 0. The molecule has 4 aliphatic carbocycles. The number of carbonyl (C=O) groups excluding carboxylic acids is 1. The second-order valence-electron chi connectivity index (χ2n) is 10.5. The summed E-state index contributed by atoms with van der Waals surface area (Å²) in [5.74, 6) is 5.25. The van der Waals surface area contributed by atoms with E-state index in [-0.39, 0.29) is 5.41 Å². The first-order valence-electron chi connectivity index (χ1n) is 11.2. The molecule has 1 aromatic rings. The summed E-state index contributed by atoms with van der Waals surface area (Å²) >= 11 is 0. The Morgan fingerprint density at radius 3 is 2.67 bits per heavy atom. The Morgan fingerprint density at radius 1 is 1.04 bits per heavy atom. The van der Waals surface area contributed by atoms with Gasteiger partial charge >= 0.3 is 0 Å². The van der Waals surface area contributed by atoms with Gasteiger partial charge in [-0.2, -0.15) is 0 Å². The number of furan rings is 1. The van der Waals surface area contributed by atoms with E-state index in [4.69, 9.17) is 4.42 Å². The summed E-state index contributed by atoms with van der Waals surface area (Å²) in [6.07, 6.45) is 13.8. The number of fused-ring (bicyclic) bond motifs is 5. The van der Waals surface area contributed by atoms with Gasteiger partial charge in [0.2, 0.25) is 0 Å². The van der Waals surface area contributed by atoms with Crippen LogP contribution in [0.2, 0.25) is 0 Å². The van der Waals surface area contributed by atoms with Gasteiger partial charge in [0.1, 0.15) is 11.5 Å². The fourth-order valence-corrected chi connectivity index (χ4v) is 7.80. The number of carbonyl (C=O) groups is 1. The third-order valence-corrected chi connectivity index (χ3v) is 9.30. The van der Waals surface area contributed by atoms with Crippen LogP contribution in [0, 0.1) is 41.4 Å². The van der Waals surface area contributed by atoms with E-state index in [0.717, 1.165) is 47.7 Å². The lowest BCUT2D eigenvalue weighted by atomic mass is 9.45. The molecule has 0 radical (unpaired) electrons. The van der Waals surface area contributed by atoms with Crippen LogP contribution in [-0.4, -0.2) is 5.78 Å². The van der Waals surface area contributed by atoms with Crippen LogP contribution in [0.3, 0.4) is 0 Å². The molecule has 4 fully saturated rings. The van der Waals surface area contributed by atoms with Crippen molar-refractivity contribution in [2.24, 2.45) is 34.5 Å². The number of rotatable bonds is 1. The van der Waals surface area contributed by atoms with Crippen molar-refractivity contribution in [3.63, 3.8) is 0 Å². The van der Waals surface area contributed by atoms with Gasteiger partial charge in [-0.15, -0.1) is 0 Å². The first-order chi connectivity index (χ1) is 12.9. The predicted octanol–water partition coefficient (Wildman–Crippen LogP) is 6.58. The second-order valence-corrected chi connectivity index (χ2v) is 10.5. The van der Waals surface area contributed by atoms with E-state index in [1.165, 1.54) is 44.9 Å². The molecular formula is C25H34O2. The molecule has 0 N–H and O–H groups in total. The van der Waals surface area contributed by atoms with E-state index >= 15 is 0 Å². The molecule has 0 amide bonds. The van der Waals surface area contributed by atoms with Gasteiger partial charge in [-0.1, -0.05) is 26.7 Å². The standard InChI is InChI=1S/C25H34O2/c1-16-7-9-19(27-16)14-17-15-22-20-10-8-18-6-4-5-12-24(18,2)21(20)11-13-25(22,3)23(17)26/h7,9,14,18,20-22H,4-6,8,10-13,15H2,1-3H3. The number of aryl methyl sites for hydroxylation is 1. The summed E-state index contributed by atoms with van der Waals surface area (Å²) in [4.78, 5) is 13.4. The van der Waals surface area contributed by atoms with Crippen LogP contribution in [-0.2, 0) is 4.79 Å². The second kappa shape index (κ2) is 6.09. The van der Waals surface area contributed by atoms with Gasteiger partial charge < -0.3 is 4.42 Å². The average molecular weight is 367 g/mol. The molecule has 2 heteroatoms. The molecule has 27 heavy (non-hydrogen) atoms. The normalized spacial score (nSPS) is 45.4. The molecule has 4 saturated carbocycles. The maximum absolute atomic E-state index is 13.4. The molecule has 0 bridgehead atoms. The Hall–Kier alpha value is -1.31. The van der Waals surface area contributed by atoms with Crippen molar-refractivity contribution in [2.75, 3.05) is 0 Å². The molecule has 0 aliphatic heterocycles. The maximum Gasteiger partial charge on any atom is 0.165 e. The van der Waals surface area contributed by atoms with Crippen LogP contribution in [0.5, 0.6) is 0 Å². The van der Waals surface area contributed by atoms with E-state index in [2.05, 4.69) is 13.8 Å². The van der Waals surface area contributed by atoms with Crippen LogP contribution >= 0.6 is 0 Å². The molecule has 146 valence electrons. The fourth-order valence-electron chi connectivity index (χ4n) is 7.80. The highest BCUT2D eigenvalue weighted by Crippen LogP contribution is 2.66. The lowest BCUT2D eigenvalue weighted by Gasteiger charge is -2.59. The largest absolute Gasteiger partial charge is 0.462 e. The summed E-state index contributed by atoms with van der Waals surface area (Å²) in [6, 6.07) is 3.98. The predicted molar refractivity (Wildman–Crippen MR) is 108 cm³/mol. The molecule has 2 nitrogen and oxygen atoms in total. The Kier molecular flexibility index (Phi) is 4.01. The molecule has 6 unspecified atom stereocenters. The molecule has 1 aromatic heterocycles. The number of Topliss-reactive ketones (excluding diaryl/α,β-unsaturated/α-hetero) is 1. The Bertz CT molecular complexity index is 786. The lowest BCUT2D eigenvalue weighted by Crippen LogP contribution is -2.52. The number of allylic oxidation sites excluding steroid dienone is 1. The lowest BCUT2D eigenvalue weighted by molar-refractivity contribution is -0.137. The van der Waals surface area contributed by atoms with Gasteiger partial charge in [-0.05, 0) is 105 Å². The molecule has 6 atom stereocenters. The Morgan fingerprint density at radius 2 is 1.89 bits per heavy atom. The van der Waals surface area contributed by atoms with Crippen molar-refractivity contribution in [1.82, 2.24) is 0 Å². The zero-order valence-electron chi connectivity index (χ0n) is 17.2. The Labute approximate surface area is 163 Å². The highest BCUT2D eigenvalue weighted by Gasteiger charge is 2.60. The molecule has 0 aromatic carbocycles. The summed E-state index contributed by atoms with van der Waals surface area (Å²) < 4.78 is 5.74. The van der Waals surface area contributed by atoms with Crippen molar-refractivity contribution in [3.8, 4) is 0 Å². The van der Waals surface area contributed by atoms with E-state index < -0.39 is 0 Å². The van der Waals surface area contributed by atoms with Crippen molar-refractivity contribution in [1.29, 1.82) is 0 Å². The molecule has 0 saturated heterocycles. The van der Waals surface area contributed by atoms with E-state index in [0.29, 0.717) is 17.1 Å². The zero-order chi connectivity index (χ0) is 18.8. The zero-order valence-corrected chi connectivity index (χ0v) is 17.2. The minimum Gasteiger partial charge on any atom is -0.462 e. The van der Waals surface area contributed by atoms with Crippen molar-refractivity contribution in [2.45, 2.75) is 78.6 Å². The number of hydrogen-bond acceptors (Lipinski definition) is 2. The van der Waals surface area contributed by atoms with Crippen LogP contribution < -0.4 is 0 Å². The highest BCUT2D eigenvalue weighted by atomic mass is 16.3. The minimum absolute atomic E-state index is 0.132. The van der Waals surface area contributed by atoms with Gasteiger partial charge in [-0.25, -0.2) is 0 Å². The number of ketones is 1. The molecule has 1 heterocycles. The SMILES string of the molecule is Cc1ccc(C=C2CC3C4CCC5CCCCC5(C)C4CCC3(C)C2=O)o1. The van der Waals surface area contributed by atoms with Gasteiger partial charge in [0, 0.05) is 5.41 Å². The Balaban J connectivity index is 1.46. The monoisotopic (exact) mass is 366 g/mol. The summed E-state index contributed by atoms with van der Waals surface area (Å²) in [7, 11) is 0. The quantitative estimate of drug-likeness (QED) is 0.525. The van der Waals surface area contributed by atoms with Gasteiger partial charge in [-0.3, -0.25) is 4.79 Å². The molecule has 5 rings (SSSR count). The summed E-state index contributed by atoms with van der Waals surface area (Å²) in [6.45, 7) is 6.85. The van der Waals surface area contributed by atoms with E-state index in [1.54, 1.807) is 0 Å². The maximum atomic E-state index is 13.4. The van der Waals surface area contributed by atoms with Crippen LogP contribution in [0.1, 0.15) is 83.2 Å². The third-order valence-electron chi connectivity index (χ3n) is 9.30. The molecule has 4 aliphatic rings. The van der Waals surface area contributed by atoms with E-state index in [1.807, 2.05) is 25.1 Å². The molecular weight excluding hydrogens is 332 g/mol. The molecule has 0 spiro atoms. The number of hydrogen-bond donors (Lipinski definition) is 0. The topological polar surface area (TPSA) is 30.2 Å². The van der Waals surface area contributed by atoms with Crippen molar-refractivity contribution < 1.29 is 9.21 Å². The smallest absolute Gasteiger partial charge is 0.165 e. The summed E-state index contributed by atoms with van der Waals surface area (Å²) in [5.41, 5.74) is 1.43. The van der Waals surface area contributed by atoms with Crippen molar-refractivity contribution >= 4 is 11.9 Å². The highest BCUT2D eigenvalue weighted by molar-refractivity contribution is 6.05. The third kappa shape index (κ3) is 2.54. The average Bonchev–Trinajstić information content (AvgIpc) is 3.16.